The number of hydrogen-bond donors (Lipinski definition) is 0. The molecule has 1 aromatic heterocycles. The van der Waals surface area contributed by atoms with Gasteiger partial charge in [-0.25, -0.2) is 14.8 Å². The highest BCUT2D eigenvalue weighted by molar-refractivity contribution is 7.98. The molecule has 7 heteroatoms. The minimum atomic E-state index is -0.378. The molecule has 1 aliphatic heterocycles. The number of carbonyl (C=O) groups is 1. The van der Waals surface area contributed by atoms with E-state index in [9.17, 15) is 4.79 Å². The molecule has 104 valence electrons. The Bertz CT molecular complexity index is 450. The summed E-state index contributed by atoms with van der Waals surface area (Å²) in [6.45, 7) is 4.84. The number of esters is 1. The summed E-state index contributed by atoms with van der Waals surface area (Å²) in [7, 11) is 0. The zero-order chi connectivity index (χ0) is 13.7. The molecule has 0 saturated carbocycles. The lowest BCUT2D eigenvalue weighted by Crippen LogP contribution is -2.38. The topological polar surface area (TPSA) is 64.5 Å². The first kappa shape index (κ1) is 14.1. The van der Waals surface area contributed by atoms with Crippen LogP contribution in [0.15, 0.2) is 11.4 Å². The summed E-state index contributed by atoms with van der Waals surface area (Å²) >= 11 is 1.45. The Morgan fingerprint density at radius 3 is 2.89 bits per heavy atom. The maximum Gasteiger partial charge on any atom is 0.343 e. The smallest absolute Gasteiger partial charge is 0.343 e. The molecule has 0 radical (unpaired) electrons. The van der Waals surface area contributed by atoms with E-state index in [1.807, 2.05) is 11.2 Å². The van der Waals surface area contributed by atoms with Crippen LogP contribution in [0.3, 0.4) is 0 Å². The molecule has 1 aromatic rings. The number of hydrogen-bond acceptors (Lipinski definition) is 7. The number of aromatic nitrogens is 2. The molecule has 0 spiro atoms. The minimum Gasteiger partial charge on any atom is -0.462 e. The number of morpholine rings is 1. The van der Waals surface area contributed by atoms with Gasteiger partial charge in [0.25, 0.3) is 0 Å². The van der Waals surface area contributed by atoms with E-state index in [1.165, 1.54) is 11.8 Å². The van der Waals surface area contributed by atoms with E-state index in [1.54, 1.807) is 13.1 Å². The highest BCUT2D eigenvalue weighted by Gasteiger charge is 2.22. The number of rotatable bonds is 4. The van der Waals surface area contributed by atoms with Gasteiger partial charge in [-0.1, -0.05) is 11.8 Å². The lowest BCUT2D eigenvalue weighted by molar-refractivity contribution is 0.0525. The second kappa shape index (κ2) is 6.72. The van der Waals surface area contributed by atoms with Gasteiger partial charge in [-0.05, 0) is 13.2 Å². The number of ether oxygens (including phenoxy) is 2. The molecule has 0 N–H and O–H groups in total. The molecule has 2 heterocycles. The average Bonchev–Trinajstić information content (AvgIpc) is 2.47. The fourth-order valence-electron chi connectivity index (χ4n) is 1.82. The van der Waals surface area contributed by atoms with Crippen molar-refractivity contribution in [1.29, 1.82) is 0 Å². The maximum absolute atomic E-state index is 11.9. The monoisotopic (exact) mass is 283 g/mol. The summed E-state index contributed by atoms with van der Waals surface area (Å²) < 4.78 is 10.4. The van der Waals surface area contributed by atoms with Crippen molar-refractivity contribution < 1.29 is 14.3 Å². The lowest BCUT2D eigenvalue weighted by Gasteiger charge is -2.29. The molecule has 0 atom stereocenters. The van der Waals surface area contributed by atoms with Crippen LogP contribution in [0.4, 0.5) is 5.82 Å². The Morgan fingerprint density at radius 2 is 2.26 bits per heavy atom. The van der Waals surface area contributed by atoms with E-state index in [0.717, 1.165) is 13.1 Å². The first-order valence-corrected chi connectivity index (χ1v) is 7.39. The number of anilines is 1. The van der Waals surface area contributed by atoms with Gasteiger partial charge in [0.1, 0.15) is 11.4 Å². The van der Waals surface area contributed by atoms with Crippen molar-refractivity contribution in [2.75, 3.05) is 44.1 Å². The second-order valence-corrected chi connectivity index (χ2v) is 4.69. The van der Waals surface area contributed by atoms with Crippen LogP contribution in [-0.2, 0) is 9.47 Å². The van der Waals surface area contributed by atoms with Gasteiger partial charge in [-0.3, -0.25) is 0 Å². The third-order valence-corrected chi connectivity index (χ3v) is 3.30. The molecule has 19 heavy (non-hydrogen) atoms. The first-order valence-electron chi connectivity index (χ1n) is 6.17. The predicted octanol–water partition coefficient (Wildman–Crippen LogP) is 1.21. The molecule has 0 amide bonds. The van der Waals surface area contributed by atoms with Gasteiger partial charge in [-0.2, -0.15) is 0 Å². The Hall–Kier alpha value is -1.34. The highest BCUT2D eigenvalue weighted by atomic mass is 32.2. The summed E-state index contributed by atoms with van der Waals surface area (Å²) in [4.78, 5) is 22.6. The van der Waals surface area contributed by atoms with E-state index in [0.29, 0.717) is 36.4 Å². The van der Waals surface area contributed by atoms with E-state index >= 15 is 0 Å². The fraction of sp³-hybridized carbons (Fsp3) is 0.583. The van der Waals surface area contributed by atoms with Crippen LogP contribution in [0, 0.1) is 0 Å². The number of nitrogens with zero attached hydrogens (tertiary/aromatic N) is 3. The third-order valence-electron chi connectivity index (χ3n) is 2.74. The Morgan fingerprint density at radius 1 is 1.53 bits per heavy atom. The zero-order valence-electron chi connectivity index (χ0n) is 11.1. The summed E-state index contributed by atoms with van der Waals surface area (Å²) in [6.07, 6.45) is 3.45. The largest absolute Gasteiger partial charge is 0.462 e. The van der Waals surface area contributed by atoms with E-state index in [-0.39, 0.29) is 5.97 Å². The summed E-state index contributed by atoms with van der Waals surface area (Å²) in [6, 6.07) is 0. The van der Waals surface area contributed by atoms with E-state index in [4.69, 9.17) is 9.47 Å². The second-order valence-electron chi connectivity index (χ2n) is 3.91. The van der Waals surface area contributed by atoms with Gasteiger partial charge in [0.2, 0.25) is 0 Å². The number of carbonyl (C=O) groups excluding carboxylic acids is 1. The van der Waals surface area contributed by atoms with Gasteiger partial charge >= 0.3 is 5.97 Å². The van der Waals surface area contributed by atoms with Crippen molar-refractivity contribution >= 4 is 23.5 Å². The standard InChI is InChI=1S/C12H17N3O3S/c1-3-18-11(16)9-8-13-12(19-2)14-10(9)15-4-6-17-7-5-15/h8H,3-7H2,1-2H3. The Labute approximate surface area is 116 Å². The molecule has 2 rings (SSSR count). The SMILES string of the molecule is CCOC(=O)c1cnc(SC)nc1N1CCOCC1. The van der Waals surface area contributed by atoms with Gasteiger partial charge in [-0.15, -0.1) is 0 Å². The van der Waals surface area contributed by atoms with Crippen LogP contribution < -0.4 is 4.90 Å². The molecule has 0 bridgehead atoms. The summed E-state index contributed by atoms with van der Waals surface area (Å²) in [5, 5.41) is 0.648. The Balaban J connectivity index is 2.32. The predicted molar refractivity (Wildman–Crippen MR) is 72.8 cm³/mol. The van der Waals surface area contributed by atoms with Crippen molar-refractivity contribution in [3.63, 3.8) is 0 Å². The van der Waals surface area contributed by atoms with Crippen molar-refractivity contribution in [2.24, 2.45) is 0 Å². The molecule has 0 aromatic carbocycles. The summed E-state index contributed by atoms with van der Waals surface area (Å²) in [5.74, 6) is 0.262. The molecule has 1 aliphatic rings. The maximum atomic E-state index is 11.9. The summed E-state index contributed by atoms with van der Waals surface area (Å²) in [5.41, 5.74) is 0.418. The van der Waals surface area contributed by atoms with Crippen LogP contribution in [-0.4, -0.2) is 55.1 Å². The molecule has 1 saturated heterocycles. The zero-order valence-corrected chi connectivity index (χ0v) is 11.9. The van der Waals surface area contributed by atoms with Crippen molar-refractivity contribution in [2.45, 2.75) is 12.1 Å². The molecular weight excluding hydrogens is 266 g/mol. The van der Waals surface area contributed by atoms with Crippen LogP contribution in [0.25, 0.3) is 0 Å². The van der Waals surface area contributed by atoms with Crippen LogP contribution >= 0.6 is 11.8 Å². The molecule has 6 nitrogen and oxygen atoms in total. The normalized spacial score (nSPS) is 15.4. The highest BCUT2D eigenvalue weighted by Crippen LogP contribution is 2.22. The molecular formula is C12H17N3O3S. The van der Waals surface area contributed by atoms with Crippen molar-refractivity contribution in [3.05, 3.63) is 11.8 Å². The van der Waals surface area contributed by atoms with Crippen molar-refractivity contribution in [3.8, 4) is 0 Å². The van der Waals surface area contributed by atoms with Crippen molar-refractivity contribution in [1.82, 2.24) is 9.97 Å². The fourth-order valence-corrected chi connectivity index (χ4v) is 2.16. The lowest BCUT2D eigenvalue weighted by atomic mass is 10.2. The average molecular weight is 283 g/mol. The molecule has 0 aliphatic carbocycles. The Kier molecular flexibility index (Phi) is 4.98. The molecule has 1 fully saturated rings. The van der Waals surface area contributed by atoms with Crippen LogP contribution in [0.5, 0.6) is 0 Å². The third kappa shape index (κ3) is 3.36. The quantitative estimate of drug-likeness (QED) is 0.467. The van der Waals surface area contributed by atoms with Gasteiger partial charge in [0.05, 0.1) is 19.8 Å². The minimum absolute atomic E-state index is 0.339. The van der Waals surface area contributed by atoms with Crippen LogP contribution in [0.2, 0.25) is 0 Å². The van der Waals surface area contributed by atoms with E-state index in [2.05, 4.69) is 9.97 Å². The number of thioether (sulfide) groups is 1. The first-order chi connectivity index (χ1) is 9.26. The van der Waals surface area contributed by atoms with Crippen LogP contribution in [0.1, 0.15) is 17.3 Å². The van der Waals surface area contributed by atoms with E-state index < -0.39 is 0 Å². The van der Waals surface area contributed by atoms with Gasteiger partial charge in [0.15, 0.2) is 5.16 Å². The van der Waals surface area contributed by atoms with Gasteiger partial charge in [0, 0.05) is 19.3 Å². The molecule has 0 unspecified atom stereocenters. The van der Waals surface area contributed by atoms with Gasteiger partial charge < -0.3 is 14.4 Å².